The fourth-order valence-electron chi connectivity index (χ4n) is 2.57. The number of fused-ring (bicyclic) bond motifs is 1. The van der Waals surface area contributed by atoms with Crippen LogP contribution >= 0.6 is 0 Å². The molecule has 0 saturated heterocycles. The van der Waals surface area contributed by atoms with Crippen molar-refractivity contribution in [2.75, 3.05) is 26.6 Å². The molecule has 6 nitrogen and oxygen atoms in total. The molecular weight excluding hydrogens is 318 g/mol. The van der Waals surface area contributed by atoms with Crippen LogP contribution < -0.4 is 19.5 Å². The number of nitriles is 1. The number of methoxy groups -OCH3 is 3. The molecule has 2 aromatic carbocycles. The molecule has 0 spiro atoms. The highest BCUT2D eigenvalue weighted by atomic mass is 16.5. The maximum atomic E-state index is 9.47. The van der Waals surface area contributed by atoms with E-state index in [1.807, 2.05) is 30.3 Å². The second-order valence-corrected chi connectivity index (χ2v) is 5.23. The minimum atomic E-state index is 0.433. The smallest absolute Gasteiger partial charge is 0.142 e. The lowest BCUT2D eigenvalue weighted by molar-refractivity contribution is 0.405. The van der Waals surface area contributed by atoms with Crippen LogP contribution in [0, 0.1) is 11.3 Å². The number of hydrogen-bond acceptors (Lipinski definition) is 6. The first-order valence-corrected chi connectivity index (χ1v) is 7.56. The Kier molecular flexibility index (Phi) is 4.57. The summed E-state index contributed by atoms with van der Waals surface area (Å²) in [6.45, 7) is 0. The van der Waals surface area contributed by atoms with Crippen molar-refractivity contribution in [3.05, 3.63) is 48.2 Å². The maximum absolute atomic E-state index is 9.47. The highest BCUT2D eigenvalue weighted by Crippen LogP contribution is 2.36. The third-order valence-corrected chi connectivity index (χ3v) is 3.86. The molecule has 0 atom stereocenters. The molecule has 0 aliphatic carbocycles. The topological polar surface area (TPSA) is 76.4 Å². The van der Waals surface area contributed by atoms with Gasteiger partial charge in [-0.1, -0.05) is 0 Å². The van der Waals surface area contributed by atoms with Crippen LogP contribution in [-0.4, -0.2) is 26.3 Å². The van der Waals surface area contributed by atoms with Gasteiger partial charge in [0.1, 0.15) is 23.3 Å². The van der Waals surface area contributed by atoms with Crippen LogP contribution in [0.4, 0.5) is 11.4 Å². The zero-order valence-electron chi connectivity index (χ0n) is 14.2. The monoisotopic (exact) mass is 335 g/mol. The van der Waals surface area contributed by atoms with Crippen LogP contribution in [0.3, 0.4) is 0 Å². The molecule has 3 aromatic rings. The van der Waals surface area contributed by atoms with Gasteiger partial charge in [-0.15, -0.1) is 0 Å². The summed E-state index contributed by atoms with van der Waals surface area (Å²) in [4.78, 5) is 4.34. The number of aromatic nitrogens is 1. The van der Waals surface area contributed by atoms with Gasteiger partial charge in [0.2, 0.25) is 0 Å². The number of ether oxygens (including phenoxy) is 3. The van der Waals surface area contributed by atoms with Crippen LogP contribution in [0.1, 0.15) is 5.56 Å². The SMILES string of the molecule is COc1ccc(OC)c(Nc2c(C#N)cnc3cc(OC)ccc23)c1. The number of anilines is 2. The Morgan fingerprint density at radius 2 is 1.68 bits per heavy atom. The molecule has 25 heavy (non-hydrogen) atoms. The lowest BCUT2D eigenvalue weighted by atomic mass is 10.1. The van der Waals surface area contributed by atoms with Crippen LogP contribution in [0.2, 0.25) is 0 Å². The molecule has 0 radical (unpaired) electrons. The first kappa shape index (κ1) is 16.4. The summed E-state index contributed by atoms with van der Waals surface area (Å²) in [5, 5.41) is 13.6. The molecule has 1 aromatic heterocycles. The van der Waals surface area contributed by atoms with E-state index in [9.17, 15) is 5.26 Å². The molecule has 126 valence electrons. The number of nitrogens with one attached hydrogen (secondary N) is 1. The lowest BCUT2D eigenvalue weighted by Gasteiger charge is -2.15. The second kappa shape index (κ2) is 6.97. The first-order chi connectivity index (χ1) is 12.2. The Morgan fingerprint density at radius 1 is 0.960 bits per heavy atom. The summed E-state index contributed by atoms with van der Waals surface area (Å²) in [5.41, 5.74) is 2.51. The van der Waals surface area contributed by atoms with Gasteiger partial charge in [-0.3, -0.25) is 4.98 Å². The zero-order valence-corrected chi connectivity index (χ0v) is 14.2. The van der Waals surface area contributed by atoms with Gasteiger partial charge in [-0.25, -0.2) is 0 Å². The van der Waals surface area contributed by atoms with Crippen LogP contribution in [0.5, 0.6) is 17.2 Å². The highest BCUT2D eigenvalue weighted by Gasteiger charge is 2.13. The number of hydrogen-bond donors (Lipinski definition) is 1. The Hall–Kier alpha value is -3.46. The number of rotatable bonds is 5. The standard InChI is InChI=1S/C19H17N3O3/c1-23-13-4-6-15-16(8-13)21-11-12(10-20)19(15)22-17-9-14(24-2)5-7-18(17)25-3/h4-9,11H,1-3H3,(H,21,22). The minimum Gasteiger partial charge on any atom is -0.497 e. The van der Waals surface area contributed by atoms with Crippen molar-refractivity contribution in [3.8, 4) is 23.3 Å². The zero-order chi connectivity index (χ0) is 17.8. The summed E-state index contributed by atoms with van der Waals surface area (Å²) in [6, 6.07) is 13.1. The van der Waals surface area contributed by atoms with Crippen molar-refractivity contribution in [1.82, 2.24) is 4.98 Å². The molecule has 0 bridgehead atoms. The van der Waals surface area contributed by atoms with Gasteiger partial charge < -0.3 is 19.5 Å². The number of nitrogens with zero attached hydrogens (tertiary/aromatic N) is 2. The van der Waals surface area contributed by atoms with Crippen LogP contribution in [0.25, 0.3) is 10.9 Å². The summed E-state index contributed by atoms with van der Waals surface area (Å²) >= 11 is 0. The lowest BCUT2D eigenvalue weighted by Crippen LogP contribution is -2.00. The fraction of sp³-hybridized carbons (Fsp3) is 0.158. The molecule has 0 amide bonds. The van der Waals surface area contributed by atoms with Crippen molar-refractivity contribution in [2.45, 2.75) is 0 Å². The van der Waals surface area contributed by atoms with E-state index in [4.69, 9.17) is 14.2 Å². The van der Waals surface area contributed by atoms with E-state index in [0.717, 1.165) is 10.9 Å². The molecule has 1 heterocycles. The quantitative estimate of drug-likeness (QED) is 0.762. The molecular formula is C19H17N3O3. The van der Waals surface area contributed by atoms with E-state index >= 15 is 0 Å². The van der Waals surface area contributed by atoms with Gasteiger partial charge in [0.05, 0.1) is 43.8 Å². The maximum Gasteiger partial charge on any atom is 0.142 e. The molecule has 0 fully saturated rings. The van der Waals surface area contributed by atoms with E-state index in [2.05, 4.69) is 16.4 Å². The van der Waals surface area contributed by atoms with Gasteiger partial charge >= 0.3 is 0 Å². The molecule has 1 N–H and O–H groups in total. The van der Waals surface area contributed by atoms with Gasteiger partial charge in [-0.2, -0.15) is 5.26 Å². The van der Waals surface area contributed by atoms with Crippen LogP contribution in [0.15, 0.2) is 42.6 Å². The van der Waals surface area contributed by atoms with E-state index in [1.54, 1.807) is 27.4 Å². The van der Waals surface area contributed by atoms with Crippen molar-refractivity contribution in [1.29, 1.82) is 5.26 Å². The van der Waals surface area contributed by atoms with E-state index in [1.165, 1.54) is 6.20 Å². The van der Waals surface area contributed by atoms with E-state index < -0.39 is 0 Å². The average molecular weight is 335 g/mol. The molecule has 0 aliphatic rings. The van der Waals surface area contributed by atoms with Gasteiger partial charge in [0, 0.05) is 23.7 Å². The Labute approximate surface area is 145 Å². The Morgan fingerprint density at radius 3 is 2.36 bits per heavy atom. The van der Waals surface area contributed by atoms with E-state index in [0.29, 0.717) is 34.2 Å². The van der Waals surface area contributed by atoms with Crippen LogP contribution in [-0.2, 0) is 0 Å². The second-order valence-electron chi connectivity index (χ2n) is 5.23. The van der Waals surface area contributed by atoms with Gasteiger partial charge in [0.15, 0.2) is 0 Å². The third-order valence-electron chi connectivity index (χ3n) is 3.86. The summed E-state index contributed by atoms with van der Waals surface area (Å²) < 4.78 is 15.9. The molecule has 3 rings (SSSR count). The summed E-state index contributed by atoms with van der Waals surface area (Å²) in [5.74, 6) is 2.03. The summed E-state index contributed by atoms with van der Waals surface area (Å²) in [7, 11) is 4.79. The Bertz CT molecular complexity index is 964. The van der Waals surface area contributed by atoms with Crippen molar-refractivity contribution in [3.63, 3.8) is 0 Å². The number of benzene rings is 2. The molecule has 0 unspecified atom stereocenters. The summed E-state index contributed by atoms with van der Waals surface area (Å²) in [6.07, 6.45) is 1.54. The van der Waals surface area contributed by atoms with Crippen molar-refractivity contribution < 1.29 is 14.2 Å². The average Bonchev–Trinajstić information content (AvgIpc) is 2.67. The predicted octanol–water partition coefficient (Wildman–Crippen LogP) is 3.88. The fourth-order valence-corrected chi connectivity index (χ4v) is 2.57. The largest absolute Gasteiger partial charge is 0.497 e. The van der Waals surface area contributed by atoms with E-state index in [-0.39, 0.29) is 0 Å². The Balaban J connectivity index is 2.16. The molecule has 6 heteroatoms. The van der Waals surface area contributed by atoms with Gasteiger partial charge in [-0.05, 0) is 24.3 Å². The van der Waals surface area contributed by atoms with Gasteiger partial charge in [0.25, 0.3) is 0 Å². The molecule has 0 saturated carbocycles. The number of pyridine rings is 1. The van der Waals surface area contributed by atoms with Crippen molar-refractivity contribution in [2.24, 2.45) is 0 Å². The predicted molar refractivity (Wildman–Crippen MR) is 95.8 cm³/mol. The normalized spacial score (nSPS) is 10.2. The third kappa shape index (κ3) is 3.12. The molecule has 0 aliphatic heterocycles. The highest BCUT2D eigenvalue weighted by molar-refractivity contribution is 5.96. The minimum absolute atomic E-state index is 0.433. The first-order valence-electron chi connectivity index (χ1n) is 7.56. The van der Waals surface area contributed by atoms with Crippen molar-refractivity contribution >= 4 is 22.3 Å².